The second kappa shape index (κ2) is 9.75. The van der Waals surface area contributed by atoms with Crippen molar-refractivity contribution in [3.05, 3.63) is 120 Å². The number of hydrogen-bond acceptors (Lipinski definition) is 2. The van der Waals surface area contributed by atoms with Crippen LogP contribution in [0.5, 0.6) is 0 Å². The van der Waals surface area contributed by atoms with Crippen molar-refractivity contribution in [1.82, 2.24) is 5.32 Å². The van der Waals surface area contributed by atoms with E-state index in [2.05, 4.69) is 5.32 Å². The van der Waals surface area contributed by atoms with E-state index in [0.29, 0.717) is 12.0 Å². The number of amides is 2. The van der Waals surface area contributed by atoms with E-state index in [1.807, 2.05) is 97.1 Å². The molecular formula is C28H24N2O2. The third kappa shape index (κ3) is 5.10. The molecule has 4 aromatic carbocycles. The molecule has 4 rings (SSSR count). The lowest BCUT2D eigenvalue weighted by atomic mass is 10.00. The van der Waals surface area contributed by atoms with Gasteiger partial charge in [-0.25, -0.2) is 0 Å². The number of nitrogens with two attached hydrogens (primary N) is 1. The molecule has 4 nitrogen and oxygen atoms in total. The van der Waals surface area contributed by atoms with E-state index in [-0.39, 0.29) is 5.91 Å². The van der Waals surface area contributed by atoms with E-state index in [9.17, 15) is 9.59 Å². The average Bonchev–Trinajstić information content (AvgIpc) is 2.85. The van der Waals surface area contributed by atoms with Gasteiger partial charge in [-0.15, -0.1) is 0 Å². The zero-order chi connectivity index (χ0) is 22.3. The first-order valence-corrected chi connectivity index (χ1v) is 10.5. The van der Waals surface area contributed by atoms with Crippen LogP contribution in [0.15, 0.2) is 109 Å². The largest absolute Gasteiger partial charge is 0.368 e. The summed E-state index contributed by atoms with van der Waals surface area (Å²) in [6.45, 7) is 0. The fourth-order valence-corrected chi connectivity index (χ4v) is 3.61. The van der Waals surface area contributed by atoms with Crippen LogP contribution in [0.2, 0.25) is 0 Å². The van der Waals surface area contributed by atoms with Gasteiger partial charge in [0.1, 0.15) is 6.04 Å². The van der Waals surface area contributed by atoms with E-state index in [4.69, 9.17) is 5.73 Å². The standard InChI is InChI=1S/C28H24N2O2/c29-27(31)26(19-20-11-13-23(14-12-20)21-7-3-1-4-8-21)30-28(32)25-17-15-24(16-18-25)22-9-5-2-6-10-22/h1-18,26H,19H2,(H2,29,31)(H,30,32)/t26-/m0/s1. The third-order valence-corrected chi connectivity index (χ3v) is 5.40. The van der Waals surface area contributed by atoms with E-state index >= 15 is 0 Å². The minimum absolute atomic E-state index is 0.325. The Kier molecular flexibility index (Phi) is 6.42. The molecule has 0 saturated heterocycles. The van der Waals surface area contributed by atoms with Crippen molar-refractivity contribution in [1.29, 1.82) is 0 Å². The van der Waals surface area contributed by atoms with Crippen LogP contribution < -0.4 is 11.1 Å². The van der Waals surface area contributed by atoms with Crippen LogP contribution in [0.3, 0.4) is 0 Å². The van der Waals surface area contributed by atoms with Crippen molar-refractivity contribution < 1.29 is 9.59 Å². The molecule has 2 amide bonds. The molecule has 0 radical (unpaired) electrons. The SMILES string of the molecule is NC(=O)[C@H](Cc1ccc(-c2ccccc2)cc1)NC(=O)c1ccc(-c2ccccc2)cc1. The molecule has 0 aliphatic carbocycles. The van der Waals surface area contributed by atoms with Crippen LogP contribution in [-0.4, -0.2) is 17.9 Å². The van der Waals surface area contributed by atoms with Gasteiger partial charge in [0.05, 0.1) is 0 Å². The van der Waals surface area contributed by atoms with Gasteiger partial charge in [0.15, 0.2) is 0 Å². The summed E-state index contributed by atoms with van der Waals surface area (Å²) in [6.07, 6.45) is 0.332. The number of benzene rings is 4. The number of rotatable bonds is 7. The topological polar surface area (TPSA) is 72.2 Å². The zero-order valence-corrected chi connectivity index (χ0v) is 17.6. The van der Waals surface area contributed by atoms with Gasteiger partial charge in [-0.3, -0.25) is 9.59 Å². The second-order valence-electron chi connectivity index (χ2n) is 7.64. The van der Waals surface area contributed by atoms with Gasteiger partial charge in [0.25, 0.3) is 5.91 Å². The van der Waals surface area contributed by atoms with Crippen molar-refractivity contribution in [3.63, 3.8) is 0 Å². The molecule has 0 heterocycles. The Hall–Kier alpha value is -4.18. The first-order valence-electron chi connectivity index (χ1n) is 10.5. The molecule has 3 N–H and O–H groups in total. The van der Waals surface area contributed by atoms with Crippen LogP contribution in [0.4, 0.5) is 0 Å². The van der Waals surface area contributed by atoms with Crippen LogP contribution in [0, 0.1) is 0 Å². The average molecular weight is 421 g/mol. The third-order valence-electron chi connectivity index (χ3n) is 5.40. The first-order chi connectivity index (χ1) is 15.6. The number of hydrogen-bond donors (Lipinski definition) is 2. The highest BCUT2D eigenvalue weighted by molar-refractivity contribution is 5.97. The van der Waals surface area contributed by atoms with Gasteiger partial charge in [-0.2, -0.15) is 0 Å². The monoisotopic (exact) mass is 420 g/mol. The predicted molar refractivity (Wildman–Crippen MR) is 128 cm³/mol. The molecule has 0 spiro atoms. The minimum Gasteiger partial charge on any atom is -0.368 e. The summed E-state index contributed by atoms with van der Waals surface area (Å²) in [4.78, 5) is 24.7. The summed E-state index contributed by atoms with van der Waals surface area (Å²) in [5.74, 6) is -0.888. The molecule has 4 aromatic rings. The Morgan fingerprint density at radius 2 is 1.06 bits per heavy atom. The molecule has 4 heteroatoms. The highest BCUT2D eigenvalue weighted by Gasteiger charge is 2.19. The Morgan fingerprint density at radius 3 is 1.53 bits per heavy atom. The van der Waals surface area contributed by atoms with E-state index in [1.54, 1.807) is 12.1 Å². The lowest BCUT2D eigenvalue weighted by Gasteiger charge is -2.16. The van der Waals surface area contributed by atoms with Gasteiger partial charge in [-0.1, -0.05) is 97.1 Å². The molecule has 0 fully saturated rings. The van der Waals surface area contributed by atoms with Crippen molar-refractivity contribution in [2.24, 2.45) is 5.73 Å². The molecule has 0 aliphatic rings. The summed E-state index contributed by atoms with van der Waals surface area (Å²) in [5.41, 5.74) is 11.3. The normalized spacial score (nSPS) is 11.5. The summed E-state index contributed by atoms with van der Waals surface area (Å²) < 4.78 is 0. The number of nitrogens with one attached hydrogen (secondary N) is 1. The summed E-state index contributed by atoms with van der Waals surface area (Å²) in [7, 11) is 0. The van der Waals surface area contributed by atoms with E-state index in [0.717, 1.165) is 27.8 Å². The summed E-state index contributed by atoms with van der Waals surface area (Å²) in [5, 5.41) is 2.77. The van der Waals surface area contributed by atoms with E-state index in [1.165, 1.54) is 0 Å². The van der Waals surface area contributed by atoms with Gasteiger partial charge >= 0.3 is 0 Å². The van der Waals surface area contributed by atoms with Crippen LogP contribution in [-0.2, 0) is 11.2 Å². The fraction of sp³-hybridized carbons (Fsp3) is 0.0714. The second-order valence-corrected chi connectivity index (χ2v) is 7.64. The maximum atomic E-state index is 12.7. The summed E-state index contributed by atoms with van der Waals surface area (Å²) in [6, 6.07) is 34.4. The van der Waals surface area contributed by atoms with Crippen LogP contribution >= 0.6 is 0 Å². The van der Waals surface area contributed by atoms with Crippen molar-refractivity contribution in [3.8, 4) is 22.3 Å². The Labute approximate surface area is 187 Å². The van der Waals surface area contributed by atoms with Crippen LogP contribution in [0.25, 0.3) is 22.3 Å². The molecule has 0 aliphatic heterocycles. The molecule has 32 heavy (non-hydrogen) atoms. The molecule has 0 bridgehead atoms. The Bertz CT molecular complexity index is 1190. The van der Waals surface area contributed by atoms with Crippen LogP contribution in [0.1, 0.15) is 15.9 Å². The first kappa shape index (κ1) is 21.1. The smallest absolute Gasteiger partial charge is 0.251 e. The lowest BCUT2D eigenvalue weighted by Crippen LogP contribution is -2.45. The highest BCUT2D eigenvalue weighted by Crippen LogP contribution is 2.21. The van der Waals surface area contributed by atoms with Gasteiger partial charge < -0.3 is 11.1 Å². The zero-order valence-electron chi connectivity index (χ0n) is 17.6. The predicted octanol–water partition coefficient (Wildman–Crippen LogP) is 4.85. The lowest BCUT2D eigenvalue weighted by molar-refractivity contribution is -0.119. The minimum atomic E-state index is -0.793. The van der Waals surface area contributed by atoms with Crippen molar-refractivity contribution in [2.75, 3.05) is 0 Å². The molecule has 0 unspecified atom stereocenters. The fourth-order valence-electron chi connectivity index (χ4n) is 3.61. The quantitative estimate of drug-likeness (QED) is 0.449. The maximum absolute atomic E-state index is 12.7. The summed E-state index contributed by atoms with van der Waals surface area (Å²) >= 11 is 0. The number of carbonyl (C=O) groups excluding carboxylic acids is 2. The number of carbonyl (C=O) groups is 2. The van der Waals surface area contributed by atoms with Gasteiger partial charge in [0, 0.05) is 12.0 Å². The Morgan fingerprint density at radius 1 is 0.625 bits per heavy atom. The van der Waals surface area contributed by atoms with Crippen molar-refractivity contribution >= 4 is 11.8 Å². The molecule has 158 valence electrons. The molecule has 1 atom stereocenters. The van der Waals surface area contributed by atoms with Gasteiger partial charge in [-0.05, 0) is 39.9 Å². The molecular weight excluding hydrogens is 396 g/mol. The van der Waals surface area contributed by atoms with Gasteiger partial charge in [0.2, 0.25) is 5.91 Å². The van der Waals surface area contributed by atoms with Crippen molar-refractivity contribution in [2.45, 2.75) is 12.5 Å². The number of primary amides is 1. The molecule has 0 saturated carbocycles. The van der Waals surface area contributed by atoms with E-state index < -0.39 is 11.9 Å². The molecule has 0 aromatic heterocycles. The highest BCUT2D eigenvalue weighted by atomic mass is 16.2. The Balaban J connectivity index is 1.43. The maximum Gasteiger partial charge on any atom is 0.251 e.